The van der Waals surface area contributed by atoms with Gasteiger partial charge in [-0.05, 0) is 60.3 Å². The van der Waals surface area contributed by atoms with Gasteiger partial charge in [0.1, 0.15) is 5.00 Å². The molecule has 0 aliphatic heterocycles. The minimum Gasteiger partial charge on any atom is -0.462 e. The highest BCUT2D eigenvalue weighted by Gasteiger charge is 2.26. The van der Waals surface area contributed by atoms with Crippen LogP contribution in [0.25, 0.3) is 11.3 Å². The van der Waals surface area contributed by atoms with Gasteiger partial charge in [0.2, 0.25) is 0 Å². The van der Waals surface area contributed by atoms with E-state index < -0.39 is 0 Å². The van der Waals surface area contributed by atoms with Crippen molar-refractivity contribution in [1.29, 1.82) is 0 Å². The van der Waals surface area contributed by atoms with Gasteiger partial charge in [-0.2, -0.15) is 0 Å². The summed E-state index contributed by atoms with van der Waals surface area (Å²) in [5.41, 5.74) is 6.76. The zero-order chi connectivity index (χ0) is 26.0. The van der Waals surface area contributed by atoms with Crippen LogP contribution < -0.4 is 4.80 Å². The van der Waals surface area contributed by atoms with Gasteiger partial charge >= 0.3 is 5.97 Å². The topological polar surface area (TPSA) is 43.6 Å². The maximum atomic E-state index is 13.0. The van der Waals surface area contributed by atoms with Crippen LogP contribution in [0.2, 0.25) is 0 Å². The Hall–Kier alpha value is -2.96. The lowest BCUT2D eigenvalue weighted by atomic mass is 9.86. The fourth-order valence-electron chi connectivity index (χ4n) is 4.84. The number of carbonyl (C=O) groups excluding carboxylic acids is 1. The van der Waals surface area contributed by atoms with Crippen LogP contribution in [0.4, 0.5) is 5.00 Å². The number of benzene rings is 2. The lowest BCUT2D eigenvalue weighted by Crippen LogP contribution is -2.17. The molecule has 0 spiro atoms. The van der Waals surface area contributed by atoms with Gasteiger partial charge in [-0.25, -0.2) is 9.79 Å². The molecule has 192 valence electrons. The normalized spacial score (nSPS) is 14.0. The third-order valence-corrected chi connectivity index (χ3v) is 8.91. The molecule has 0 amide bonds. The molecule has 0 saturated heterocycles. The molecule has 6 heteroatoms. The van der Waals surface area contributed by atoms with Crippen LogP contribution in [0.5, 0.6) is 0 Å². The van der Waals surface area contributed by atoms with Crippen LogP contribution in [0.1, 0.15) is 72.5 Å². The fourth-order valence-corrected chi connectivity index (χ4v) is 7.06. The Morgan fingerprint density at radius 1 is 1.03 bits per heavy atom. The minimum absolute atomic E-state index is 0.107. The zero-order valence-corrected chi connectivity index (χ0v) is 23.7. The van der Waals surface area contributed by atoms with Gasteiger partial charge in [-0.3, -0.25) is 0 Å². The molecule has 2 aromatic carbocycles. The number of ether oxygens (including phenoxy) is 1. The van der Waals surface area contributed by atoms with E-state index in [-0.39, 0.29) is 11.4 Å². The predicted molar refractivity (Wildman–Crippen MR) is 154 cm³/mol. The van der Waals surface area contributed by atoms with Crippen molar-refractivity contribution in [2.75, 3.05) is 6.61 Å². The van der Waals surface area contributed by atoms with E-state index in [0.29, 0.717) is 18.7 Å². The number of fused-ring (bicyclic) bond motifs is 1. The molecule has 37 heavy (non-hydrogen) atoms. The van der Waals surface area contributed by atoms with E-state index in [0.717, 1.165) is 52.3 Å². The molecular formula is C31H34N2O2S2. The van der Waals surface area contributed by atoms with Gasteiger partial charge in [0.15, 0.2) is 4.80 Å². The summed E-state index contributed by atoms with van der Waals surface area (Å²) in [7, 11) is 0. The number of nitrogens with zero attached hydrogens (tertiary/aromatic N) is 2. The summed E-state index contributed by atoms with van der Waals surface area (Å²) in [4.78, 5) is 20.4. The summed E-state index contributed by atoms with van der Waals surface area (Å²) in [5.74, 6) is -0.246. The van der Waals surface area contributed by atoms with Crippen LogP contribution in [0.3, 0.4) is 0 Å². The molecule has 0 atom stereocenters. The second-order valence-electron chi connectivity index (χ2n) is 10.5. The second kappa shape index (κ2) is 10.8. The Labute approximate surface area is 227 Å². The Kier molecular flexibility index (Phi) is 7.50. The number of carbonyl (C=O) groups is 1. The standard InChI is InChI=1S/C31H34N2O2S2/c1-5-35-29(34)27-24-13-9-10-14-26(24)37-28(27)32-30-33(19-21-11-7-6-8-12-21)25(20-36-30)22-15-17-23(18-16-22)31(2,3)4/h6-8,11-12,15-18,20H,5,9-10,13-14,19H2,1-4H3. The van der Waals surface area contributed by atoms with Crippen molar-refractivity contribution < 1.29 is 9.53 Å². The highest BCUT2D eigenvalue weighted by Crippen LogP contribution is 2.40. The molecule has 1 aliphatic rings. The van der Waals surface area contributed by atoms with Crippen molar-refractivity contribution in [2.45, 2.75) is 65.3 Å². The largest absolute Gasteiger partial charge is 0.462 e. The lowest BCUT2D eigenvalue weighted by molar-refractivity contribution is 0.0526. The van der Waals surface area contributed by atoms with Crippen LogP contribution in [-0.4, -0.2) is 17.1 Å². The molecule has 0 unspecified atom stereocenters. The monoisotopic (exact) mass is 530 g/mol. The van der Waals surface area contributed by atoms with E-state index in [1.165, 1.54) is 16.0 Å². The predicted octanol–water partition coefficient (Wildman–Crippen LogP) is 7.91. The molecule has 2 aromatic heterocycles. The first-order valence-corrected chi connectivity index (χ1v) is 14.7. The van der Waals surface area contributed by atoms with Gasteiger partial charge in [0.25, 0.3) is 0 Å². The molecule has 5 rings (SSSR count). The van der Waals surface area contributed by atoms with Crippen LogP contribution in [0.15, 0.2) is 65.0 Å². The van der Waals surface area contributed by atoms with Crippen molar-refractivity contribution in [3.05, 3.63) is 91.9 Å². The smallest absolute Gasteiger partial charge is 0.341 e. The van der Waals surface area contributed by atoms with Gasteiger partial charge in [-0.15, -0.1) is 22.7 Å². The summed E-state index contributed by atoms with van der Waals surface area (Å²) in [6.07, 6.45) is 4.21. The quantitative estimate of drug-likeness (QED) is 0.238. The molecule has 0 radical (unpaired) electrons. The molecule has 0 bridgehead atoms. The number of hydrogen-bond donors (Lipinski definition) is 0. The highest BCUT2D eigenvalue weighted by atomic mass is 32.1. The van der Waals surface area contributed by atoms with E-state index in [1.54, 1.807) is 22.7 Å². The molecule has 2 heterocycles. The van der Waals surface area contributed by atoms with E-state index in [4.69, 9.17) is 9.73 Å². The van der Waals surface area contributed by atoms with Crippen molar-refractivity contribution in [1.82, 2.24) is 4.57 Å². The van der Waals surface area contributed by atoms with Crippen molar-refractivity contribution in [3.8, 4) is 11.3 Å². The zero-order valence-electron chi connectivity index (χ0n) is 22.0. The number of hydrogen-bond acceptors (Lipinski definition) is 5. The summed E-state index contributed by atoms with van der Waals surface area (Å²) in [6, 6.07) is 19.4. The third-order valence-electron chi connectivity index (χ3n) is 6.86. The SMILES string of the molecule is CCOC(=O)c1c(N=c2scc(-c3ccc(C(C)(C)C)cc3)n2Cc2ccccc2)sc2c1CCCC2. The van der Waals surface area contributed by atoms with Gasteiger partial charge in [0, 0.05) is 10.3 Å². The van der Waals surface area contributed by atoms with E-state index in [9.17, 15) is 4.79 Å². The van der Waals surface area contributed by atoms with Crippen molar-refractivity contribution in [3.63, 3.8) is 0 Å². The molecule has 1 aliphatic carbocycles. The number of aromatic nitrogens is 1. The van der Waals surface area contributed by atoms with Crippen LogP contribution >= 0.6 is 22.7 Å². The summed E-state index contributed by atoms with van der Waals surface area (Å²) >= 11 is 3.29. The van der Waals surface area contributed by atoms with Crippen molar-refractivity contribution >= 4 is 33.6 Å². The van der Waals surface area contributed by atoms with Gasteiger partial charge in [0.05, 0.1) is 24.4 Å². The number of rotatable bonds is 6. The number of thiophene rings is 1. The average molecular weight is 531 g/mol. The van der Waals surface area contributed by atoms with E-state index in [1.807, 2.05) is 13.0 Å². The van der Waals surface area contributed by atoms with Crippen LogP contribution in [0, 0.1) is 0 Å². The first-order valence-electron chi connectivity index (χ1n) is 13.0. The second-order valence-corrected chi connectivity index (χ2v) is 12.4. The molecule has 0 fully saturated rings. The maximum Gasteiger partial charge on any atom is 0.341 e. The lowest BCUT2D eigenvalue weighted by Gasteiger charge is -2.19. The Balaban J connectivity index is 1.65. The average Bonchev–Trinajstić information content (AvgIpc) is 3.45. The molecular weight excluding hydrogens is 496 g/mol. The van der Waals surface area contributed by atoms with E-state index >= 15 is 0 Å². The number of aryl methyl sites for hydroxylation is 1. The van der Waals surface area contributed by atoms with Crippen LogP contribution in [-0.2, 0) is 29.5 Å². The Bertz CT molecular complexity index is 1450. The highest BCUT2D eigenvalue weighted by molar-refractivity contribution is 7.16. The van der Waals surface area contributed by atoms with Gasteiger partial charge in [-0.1, -0.05) is 75.4 Å². The van der Waals surface area contributed by atoms with Crippen molar-refractivity contribution in [2.24, 2.45) is 4.99 Å². The third kappa shape index (κ3) is 5.51. The molecule has 4 aromatic rings. The fraction of sp³-hybridized carbons (Fsp3) is 0.355. The molecule has 4 nitrogen and oxygen atoms in total. The molecule has 0 N–H and O–H groups in total. The molecule has 0 saturated carbocycles. The van der Waals surface area contributed by atoms with E-state index in [2.05, 4.69) is 79.2 Å². The maximum absolute atomic E-state index is 13.0. The summed E-state index contributed by atoms with van der Waals surface area (Å²) in [5, 5.41) is 2.97. The summed E-state index contributed by atoms with van der Waals surface area (Å²) in [6.45, 7) is 9.64. The first-order chi connectivity index (χ1) is 17.8. The Morgan fingerprint density at radius 3 is 2.46 bits per heavy atom. The number of thiazole rings is 1. The summed E-state index contributed by atoms with van der Waals surface area (Å²) < 4.78 is 7.75. The first kappa shape index (κ1) is 25.7. The minimum atomic E-state index is -0.246. The van der Waals surface area contributed by atoms with Gasteiger partial charge < -0.3 is 9.30 Å². The Morgan fingerprint density at radius 2 is 1.76 bits per heavy atom. The number of esters is 1.